The third-order valence-corrected chi connectivity index (χ3v) is 4.80. The monoisotopic (exact) mass is 381 g/mol. The van der Waals surface area contributed by atoms with Gasteiger partial charge in [-0.1, -0.05) is 41.4 Å². The summed E-state index contributed by atoms with van der Waals surface area (Å²) >= 11 is 12.1. The highest BCUT2D eigenvalue weighted by molar-refractivity contribution is 6.35. The molecule has 0 saturated carbocycles. The van der Waals surface area contributed by atoms with E-state index in [0.717, 1.165) is 44.2 Å². The number of ether oxygens (including phenoxy) is 2. The third-order valence-electron chi connectivity index (χ3n) is 4.23. The molecule has 1 heterocycles. The van der Waals surface area contributed by atoms with Crippen molar-refractivity contribution < 1.29 is 14.6 Å². The van der Waals surface area contributed by atoms with Gasteiger partial charge in [-0.3, -0.25) is 4.90 Å². The van der Waals surface area contributed by atoms with Crippen LogP contribution in [0.15, 0.2) is 42.5 Å². The molecule has 0 amide bonds. The Hall–Kier alpha value is -1.30. The molecule has 1 saturated heterocycles. The van der Waals surface area contributed by atoms with Gasteiger partial charge < -0.3 is 14.6 Å². The van der Waals surface area contributed by atoms with Gasteiger partial charge in [-0.2, -0.15) is 0 Å². The second-order valence-electron chi connectivity index (χ2n) is 5.94. The van der Waals surface area contributed by atoms with Gasteiger partial charge in [0.15, 0.2) is 0 Å². The van der Waals surface area contributed by atoms with E-state index in [1.807, 2.05) is 24.3 Å². The van der Waals surface area contributed by atoms with E-state index in [9.17, 15) is 5.11 Å². The van der Waals surface area contributed by atoms with E-state index in [-0.39, 0.29) is 0 Å². The lowest BCUT2D eigenvalue weighted by Crippen LogP contribution is -2.38. The number of halogens is 2. The zero-order valence-electron chi connectivity index (χ0n) is 13.8. The van der Waals surface area contributed by atoms with E-state index >= 15 is 0 Å². The fourth-order valence-corrected chi connectivity index (χ4v) is 3.28. The largest absolute Gasteiger partial charge is 0.492 e. The average Bonchev–Trinajstić information content (AvgIpc) is 2.63. The second-order valence-corrected chi connectivity index (χ2v) is 6.78. The Morgan fingerprint density at radius 2 is 1.80 bits per heavy atom. The fraction of sp³-hybridized carbons (Fsp3) is 0.368. The fourth-order valence-electron chi connectivity index (χ4n) is 2.77. The molecule has 1 atom stereocenters. The molecular weight excluding hydrogens is 361 g/mol. The van der Waals surface area contributed by atoms with E-state index < -0.39 is 6.10 Å². The van der Waals surface area contributed by atoms with Crippen LogP contribution >= 0.6 is 23.2 Å². The highest BCUT2D eigenvalue weighted by Crippen LogP contribution is 2.31. The zero-order valence-corrected chi connectivity index (χ0v) is 15.3. The summed E-state index contributed by atoms with van der Waals surface area (Å²) in [6, 6.07) is 12.5. The molecule has 0 spiro atoms. The van der Waals surface area contributed by atoms with Crippen molar-refractivity contribution in [3.8, 4) is 5.75 Å². The van der Waals surface area contributed by atoms with Crippen molar-refractivity contribution in [2.45, 2.75) is 6.10 Å². The summed E-state index contributed by atoms with van der Waals surface area (Å²) < 4.78 is 11.1. The lowest BCUT2D eigenvalue weighted by Gasteiger charge is -2.26. The molecule has 1 N–H and O–H groups in total. The first-order valence-electron chi connectivity index (χ1n) is 8.29. The smallest absolute Gasteiger partial charge is 0.119 e. The molecule has 134 valence electrons. The van der Waals surface area contributed by atoms with E-state index in [1.54, 1.807) is 18.2 Å². The van der Waals surface area contributed by atoms with Gasteiger partial charge >= 0.3 is 0 Å². The molecule has 1 aliphatic heterocycles. The summed E-state index contributed by atoms with van der Waals surface area (Å²) in [6.07, 6.45) is -0.799. The Morgan fingerprint density at radius 1 is 1.08 bits per heavy atom. The predicted octanol–water partition coefficient (Wildman–Crippen LogP) is 3.79. The van der Waals surface area contributed by atoms with Gasteiger partial charge in [-0.25, -0.2) is 0 Å². The Bertz CT molecular complexity index is 688. The SMILES string of the molecule is OC(c1ccc(OCCN2CCOCC2)cc1)c1ccc(Cl)cc1Cl. The van der Waals surface area contributed by atoms with E-state index in [4.69, 9.17) is 32.7 Å². The minimum atomic E-state index is -0.799. The van der Waals surface area contributed by atoms with E-state index in [0.29, 0.717) is 22.2 Å². The van der Waals surface area contributed by atoms with Crippen LogP contribution in [0, 0.1) is 0 Å². The number of rotatable bonds is 6. The summed E-state index contributed by atoms with van der Waals surface area (Å²) in [5.74, 6) is 0.784. The second kappa shape index (κ2) is 8.88. The van der Waals surface area contributed by atoms with Gasteiger partial charge in [0.2, 0.25) is 0 Å². The summed E-state index contributed by atoms with van der Waals surface area (Å²) in [6.45, 7) is 5.01. The maximum atomic E-state index is 10.5. The van der Waals surface area contributed by atoms with Crippen LogP contribution in [0.5, 0.6) is 5.75 Å². The summed E-state index contributed by atoms with van der Waals surface area (Å²) in [5, 5.41) is 11.5. The number of benzene rings is 2. The van der Waals surface area contributed by atoms with Crippen molar-refractivity contribution in [3.05, 3.63) is 63.6 Å². The Labute approximate surface area is 157 Å². The molecule has 6 heteroatoms. The highest BCUT2D eigenvalue weighted by Gasteiger charge is 2.14. The molecule has 1 aliphatic rings. The summed E-state index contributed by atoms with van der Waals surface area (Å²) in [7, 11) is 0. The molecule has 1 unspecified atom stereocenters. The molecular formula is C19H21Cl2NO3. The molecule has 2 aromatic carbocycles. The van der Waals surface area contributed by atoms with Gasteiger partial charge in [0.05, 0.1) is 13.2 Å². The van der Waals surface area contributed by atoms with Crippen molar-refractivity contribution in [2.75, 3.05) is 39.5 Å². The Morgan fingerprint density at radius 3 is 2.48 bits per heavy atom. The molecule has 0 aliphatic carbocycles. The highest BCUT2D eigenvalue weighted by atomic mass is 35.5. The lowest BCUT2D eigenvalue weighted by molar-refractivity contribution is 0.0322. The van der Waals surface area contributed by atoms with Gasteiger partial charge in [0.1, 0.15) is 18.5 Å². The molecule has 0 aromatic heterocycles. The molecule has 1 fully saturated rings. The maximum Gasteiger partial charge on any atom is 0.119 e. The van der Waals surface area contributed by atoms with Crippen molar-refractivity contribution in [2.24, 2.45) is 0 Å². The van der Waals surface area contributed by atoms with Gasteiger partial charge in [0.25, 0.3) is 0 Å². The third kappa shape index (κ3) is 5.09. The van der Waals surface area contributed by atoms with Crippen LogP contribution < -0.4 is 4.74 Å². The van der Waals surface area contributed by atoms with Crippen molar-refractivity contribution in [1.82, 2.24) is 4.90 Å². The van der Waals surface area contributed by atoms with E-state index in [1.165, 1.54) is 0 Å². The van der Waals surface area contributed by atoms with Crippen LogP contribution in [0.2, 0.25) is 10.0 Å². The van der Waals surface area contributed by atoms with Crippen LogP contribution in [0.1, 0.15) is 17.2 Å². The molecule has 4 nitrogen and oxygen atoms in total. The first-order chi connectivity index (χ1) is 12.1. The quantitative estimate of drug-likeness (QED) is 0.826. The molecule has 0 radical (unpaired) electrons. The number of hydrogen-bond donors (Lipinski definition) is 1. The van der Waals surface area contributed by atoms with Crippen molar-refractivity contribution in [3.63, 3.8) is 0 Å². The number of aliphatic hydroxyl groups is 1. The summed E-state index contributed by atoms with van der Waals surface area (Å²) in [5.41, 5.74) is 1.39. The van der Waals surface area contributed by atoms with Crippen LogP contribution in [0.4, 0.5) is 0 Å². The van der Waals surface area contributed by atoms with Crippen LogP contribution in [0.25, 0.3) is 0 Å². The molecule has 2 aromatic rings. The van der Waals surface area contributed by atoms with Gasteiger partial charge in [-0.15, -0.1) is 0 Å². The molecule has 0 bridgehead atoms. The molecule has 3 rings (SSSR count). The number of nitrogens with zero attached hydrogens (tertiary/aromatic N) is 1. The summed E-state index contributed by atoms with van der Waals surface area (Å²) in [4.78, 5) is 2.32. The lowest BCUT2D eigenvalue weighted by atomic mass is 10.0. The van der Waals surface area contributed by atoms with Crippen LogP contribution in [-0.2, 0) is 4.74 Å². The van der Waals surface area contributed by atoms with Gasteiger partial charge in [0, 0.05) is 35.2 Å². The standard InChI is InChI=1S/C19H21Cl2NO3/c20-15-3-6-17(18(21)13-15)19(23)14-1-4-16(5-2-14)25-12-9-22-7-10-24-11-8-22/h1-6,13,19,23H,7-12H2. The first kappa shape index (κ1) is 18.5. The first-order valence-corrected chi connectivity index (χ1v) is 9.05. The normalized spacial score (nSPS) is 16.6. The van der Waals surface area contributed by atoms with Crippen LogP contribution in [0.3, 0.4) is 0 Å². The van der Waals surface area contributed by atoms with Crippen LogP contribution in [-0.4, -0.2) is 49.5 Å². The Balaban J connectivity index is 1.56. The maximum absolute atomic E-state index is 10.5. The molecule has 25 heavy (non-hydrogen) atoms. The average molecular weight is 382 g/mol. The topological polar surface area (TPSA) is 41.9 Å². The number of aliphatic hydroxyl groups excluding tert-OH is 1. The predicted molar refractivity (Wildman–Crippen MR) is 99.7 cm³/mol. The van der Waals surface area contributed by atoms with E-state index in [2.05, 4.69) is 4.90 Å². The minimum Gasteiger partial charge on any atom is -0.492 e. The van der Waals surface area contributed by atoms with Crippen molar-refractivity contribution in [1.29, 1.82) is 0 Å². The number of hydrogen-bond acceptors (Lipinski definition) is 4. The number of morpholine rings is 1. The zero-order chi connectivity index (χ0) is 17.6. The Kier molecular flexibility index (Phi) is 6.57. The van der Waals surface area contributed by atoms with Gasteiger partial charge in [-0.05, 0) is 29.8 Å². The minimum absolute atomic E-state index is 0.450. The van der Waals surface area contributed by atoms with Crippen molar-refractivity contribution >= 4 is 23.2 Å².